The highest BCUT2D eigenvalue weighted by Gasteiger charge is 2.49. The predicted molar refractivity (Wildman–Crippen MR) is 42.9 cm³/mol. The Morgan fingerprint density at radius 1 is 1.00 bits per heavy atom. The van der Waals surface area contributed by atoms with Gasteiger partial charge in [-0.05, 0) is 12.1 Å². The van der Waals surface area contributed by atoms with Crippen molar-refractivity contribution in [3.8, 4) is 5.75 Å². The largest absolute Gasteiger partial charge is 0.435 e. The first kappa shape index (κ1) is 11.7. The highest BCUT2D eigenvalue weighted by Crippen LogP contribution is 2.29. The number of halogens is 5. The van der Waals surface area contributed by atoms with Crippen LogP contribution in [0.5, 0.6) is 5.75 Å². The van der Waals surface area contributed by atoms with E-state index in [1.807, 2.05) is 0 Å². The van der Waals surface area contributed by atoms with Gasteiger partial charge in [0, 0.05) is 0 Å². The molecule has 0 radical (unpaired) electrons. The Labute approximate surface area is 82.5 Å². The molecule has 0 aliphatic rings. The van der Waals surface area contributed by atoms with E-state index >= 15 is 0 Å². The van der Waals surface area contributed by atoms with Crippen LogP contribution in [0.15, 0.2) is 30.3 Å². The molecule has 0 saturated heterocycles. The zero-order valence-corrected chi connectivity index (χ0v) is 7.34. The van der Waals surface area contributed by atoms with Crippen molar-refractivity contribution in [2.45, 2.75) is 18.7 Å². The summed E-state index contributed by atoms with van der Waals surface area (Å²) in [6, 6.07) is 6.48. The van der Waals surface area contributed by atoms with E-state index in [-0.39, 0.29) is 5.75 Å². The molecular weight excluding hydrogens is 219 g/mol. The first-order valence-electron chi connectivity index (χ1n) is 3.97. The molecule has 0 amide bonds. The average Bonchev–Trinajstić information content (AvgIpc) is 2.17. The van der Waals surface area contributed by atoms with Crippen LogP contribution >= 0.6 is 0 Å². The molecule has 1 nitrogen and oxygen atoms in total. The zero-order valence-electron chi connectivity index (χ0n) is 7.34. The highest BCUT2D eigenvalue weighted by atomic mass is 19.3. The van der Waals surface area contributed by atoms with Crippen molar-refractivity contribution in [3.05, 3.63) is 30.3 Å². The Balaban J connectivity index is 2.72. The van der Waals surface area contributed by atoms with Crippen LogP contribution in [0.2, 0.25) is 0 Å². The third-order valence-electron chi connectivity index (χ3n) is 1.54. The second-order valence-electron chi connectivity index (χ2n) is 2.71. The minimum Gasteiger partial charge on any atom is -0.430 e. The van der Waals surface area contributed by atoms with Crippen LogP contribution < -0.4 is 4.74 Å². The molecule has 0 aliphatic heterocycles. The number of rotatable bonds is 4. The van der Waals surface area contributed by atoms with Gasteiger partial charge in [0.15, 0.2) is 0 Å². The Morgan fingerprint density at radius 3 is 2.00 bits per heavy atom. The molecular formula is C9H7F5O. The third-order valence-corrected chi connectivity index (χ3v) is 1.54. The summed E-state index contributed by atoms with van der Waals surface area (Å²) in [7, 11) is 0. The average molecular weight is 226 g/mol. The Morgan fingerprint density at radius 2 is 1.53 bits per heavy atom. The molecule has 1 aromatic rings. The van der Waals surface area contributed by atoms with Gasteiger partial charge in [-0.15, -0.1) is 0 Å². The van der Waals surface area contributed by atoms with Gasteiger partial charge >= 0.3 is 6.11 Å². The molecule has 1 aromatic carbocycles. The maximum absolute atomic E-state index is 12.7. The molecule has 0 bridgehead atoms. The molecule has 1 atom stereocenters. The van der Waals surface area contributed by atoms with Gasteiger partial charge in [0.1, 0.15) is 5.75 Å². The standard InChI is InChI=1S/C9H7F5O/c10-7(8(11)12)9(13,14)15-6-4-2-1-3-5-6/h1-5,7-8H. The Hall–Kier alpha value is -1.33. The molecule has 0 heterocycles. The fourth-order valence-corrected chi connectivity index (χ4v) is 0.849. The fourth-order valence-electron chi connectivity index (χ4n) is 0.849. The second-order valence-corrected chi connectivity index (χ2v) is 2.71. The molecule has 1 rings (SSSR count). The lowest BCUT2D eigenvalue weighted by atomic mass is 10.3. The van der Waals surface area contributed by atoms with Gasteiger partial charge in [-0.25, -0.2) is 13.2 Å². The summed E-state index contributed by atoms with van der Waals surface area (Å²) < 4.78 is 64.9. The van der Waals surface area contributed by atoms with Crippen LogP contribution in [0.1, 0.15) is 0 Å². The van der Waals surface area contributed by atoms with Gasteiger partial charge in [0.25, 0.3) is 12.6 Å². The summed E-state index contributed by atoms with van der Waals surface area (Å²) in [5.41, 5.74) is 0. The minimum atomic E-state index is -4.53. The van der Waals surface area contributed by atoms with Crippen LogP contribution in [0.3, 0.4) is 0 Å². The maximum atomic E-state index is 12.7. The number of para-hydroxylation sites is 1. The molecule has 0 N–H and O–H groups in total. The van der Waals surface area contributed by atoms with Crippen molar-refractivity contribution in [2.24, 2.45) is 0 Å². The van der Waals surface area contributed by atoms with Crippen molar-refractivity contribution in [1.29, 1.82) is 0 Å². The van der Waals surface area contributed by atoms with Gasteiger partial charge < -0.3 is 4.74 Å². The molecule has 0 aromatic heterocycles. The summed E-state index contributed by atoms with van der Waals surface area (Å²) in [4.78, 5) is 0. The third kappa shape index (κ3) is 3.07. The minimum absolute atomic E-state index is 0.370. The normalized spacial score (nSPS) is 14.0. The summed E-state index contributed by atoms with van der Waals surface area (Å²) in [6.45, 7) is 0. The number of ether oxygens (including phenoxy) is 1. The lowest BCUT2D eigenvalue weighted by molar-refractivity contribution is -0.244. The molecule has 1 unspecified atom stereocenters. The number of alkyl halides is 5. The molecule has 84 valence electrons. The SMILES string of the molecule is FC(F)C(F)C(F)(F)Oc1ccccc1. The molecule has 0 spiro atoms. The van der Waals surface area contributed by atoms with Gasteiger partial charge in [0.05, 0.1) is 0 Å². The highest BCUT2D eigenvalue weighted by molar-refractivity contribution is 5.21. The number of hydrogen-bond acceptors (Lipinski definition) is 1. The van der Waals surface area contributed by atoms with E-state index in [0.717, 1.165) is 12.1 Å². The summed E-state index contributed by atoms with van der Waals surface area (Å²) in [6.07, 6.45) is -12.0. The van der Waals surface area contributed by atoms with E-state index in [1.165, 1.54) is 18.2 Å². The van der Waals surface area contributed by atoms with Gasteiger partial charge in [-0.1, -0.05) is 18.2 Å². The van der Waals surface area contributed by atoms with Crippen LogP contribution in [0.4, 0.5) is 22.0 Å². The first-order chi connectivity index (χ1) is 6.93. The lowest BCUT2D eigenvalue weighted by Crippen LogP contribution is -2.40. The van der Waals surface area contributed by atoms with Crippen LogP contribution in [0.25, 0.3) is 0 Å². The fraction of sp³-hybridized carbons (Fsp3) is 0.333. The summed E-state index contributed by atoms with van der Waals surface area (Å²) >= 11 is 0. The van der Waals surface area contributed by atoms with Crippen LogP contribution in [-0.4, -0.2) is 18.7 Å². The molecule has 0 fully saturated rings. The van der Waals surface area contributed by atoms with E-state index in [0.29, 0.717) is 0 Å². The second kappa shape index (κ2) is 4.46. The Bertz CT molecular complexity index is 301. The number of hydrogen-bond donors (Lipinski definition) is 0. The van der Waals surface area contributed by atoms with E-state index in [2.05, 4.69) is 4.74 Å². The zero-order chi connectivity index (χ0) is 11.5. The molecule has 0 aliphatic carbocycles. The molecule has 15 heavy (non-hydrogen) atoms. The molecule has 6 heteroatoms. The van der Waals surface area contributed by atoms with E-state index in [1.54, 1.807) is 0 Å². The quantitative estimate of drug-likeness (QED) is 0.716. The predicted octanol–water partition coefficient (Wildman–Crippen LogP) is 3.26. The van der Waals surface area contributed by atoms with Crippen molar-refractivity contribution in [3.63, 3.8) is 0 Å². The first-order valence-corrected chi connectivity index (χ1v) is 3.97. The van der Waals surface area contributed by atoms with Gasteiger partial charge in [-0.2, -0.15) is 8.78 Å². The van der Waals surface area contributed by atoms with E-state index < -0.39 is 18.7 Å². The monoisotopic (exact) mass is 226 g/mol. The van der Waals surface area contributed by atoms with E-state index in [4.69, 9.17) is 0 Å². The van der Waals surface area contributed by atoms with Gasteiger partial charge in [0.2, 0.25) is 0 Å². The van der Waals surface area contributed by atoms with Crippen LogP contribution in [-0.2, 0) is 0 Å². The lowest BCUT2D eigenvalue weighted by Gasteiger charge is -2.20. The smallest absolute Gasteiger partial charge is 0.430 e. The van der Waals surface area contributed by atoms with Crippen molar-refractivity contribution in [1.82, 2.24) is 0 Å². The van der Waals surface area contributed by atoms with E-state index in [9.17, 15) is 22.0 Å². The van der Waals surface area contributed by atoms with Crippen molar-refractivity contribution in [2.75, 3.05) is 0 Å². The summed E-state index contributed by atoms with van der Waals surface area (Å²) in [5, 5.41) is 0. The topological polar surface area (TPSA) is 9.23 Å². The van der Waals surface area contributed by atoms with Gasteiger partial charge in [-0.3, -0.25) is 0 Å². The van der Waals surface area contributed by atoms with Crippen molar-refractivity contribution < 1.29 is 26.7 Å². The Kier molecular flexibility index (Phi) is 3.49. The van der Waals surface area contributed by atoms with Crippen LogP contribution in [0, 0.1) is 0 Å². The molecule has 0 saturated carbocycles. The summed E-state index contributed by atoms with van der Waals surface area (Å²) in [5.74, 6) is -0.370. The number of benzene rings is 1. The maximum Gasteiger partial charge on any atom is 0.435 e. The van der Waals surface area contributed by atoms with Crippen molar-refractivity contribution >= 4 is 0 Å².